The number of thiazole rings is 1. The van der Waals surface area contributed by atoms with Crippen LogP contribution in [0.25, 0.3) is 0 Å². The molecule has 0 aliphatic heterocycles. The molecule has 1 rings (SSSR count). The summed E-state index contributed by atoms with van der Waals surface area (Å²) in [4.78, 5) is 8.51. The first-order chi connectivity index (χ1) is 9.08. The van der Waals surface area contributed by atoms with E-state index in [0.29, 0.717) is 5.92 Å². The Labute approximate surface area is 122 Å². The van der Waals surface area contributed by atoms with Crippen LogP contribution in [0.5, 0.6) is 0 Å². The van der Waals surface area contributed by atoms with Crippen molar-refractivity contribution in [3.63, 3.8) is 0 Å². The van der Waals surface area contributed by atoms with Crippen LogP contribution in [0.1, 0.15) is 51.1 Å². The van der Waals surface area contributed by atoms with Gasteiger partial charge in [-0.1, -0.05) is 34.1 Å². The zero-order chi connectivity index (χ0) is 14.3. The Balaban J connectivity index is 2.70. The van der Waals surface area contributed by atoms with E-state index in [4.69, 9.17) is 4.98 Å². The fourth-order valence-electron chi connectivity index (χ4n) is 2.01. The second-order valence-corrected chi connectivity index (χ2v) is 6.62. The molecule has 0 saturated carbocycles. The van der Waals surface area contributed by atoms with Gasteiger partial charge in [0.2, 0.25) is 0 Å². The smallest absolute Gasteiger partial charge is 0.185 e. The molecule has 0 atom stereocenters. The van der Waals surface area contributed by atoms with Crippen LogP contribution in [0.2, 0.25) is 0 Å². The van der Waals surface area contributed by atoms with Gasteiger partial charge in [-0.15, -0.1) is 11.3 Å². The van der Waals surface area contributed by atoms with E-state index in [1.807, 2.05) is 11.3 Å². The predicted molar refractivity (Wildman–Crippen MR) is 86.2 cm³/mol. The molecule has 0 saturated heterocycles. The van der Waals surface area contributed by atoms with Gasteiger partial charge < -0.3 is 10.2 Å². The normalized spacial score (nSPS) is 11.3. The lowest BCUT2D eigenvalue weighted by atomic mass is 10.2. The topological polar surface area (TPSA) is 28.2 Å². The average Bonchev–Trinajstić information content (AvgIpc) is 2.73. The Hall–Kier alpha value is -0.610. The van der Waals surface area contributed by atoms with Crippen LogP contribution in [0.3, 0.4) is 0 Å². The molecule has 0 amide bonds. The largest absolute Gasteiger partial charge is 0.351 e. The van der Waals surface area contributed by atoms with Crippen LogP contribution in [0.15, 0.2) is 0 Å². The van der Waals surface area contributed by atoms with Gasteiger partial charge in [0.1, 0.15) is 0 Å². The second kappa shape index (κ2) is 8.54. The van der Waals surface area contributed by atoms with Gasteiger partial charge in [0.25, 0.3) is 0 Å². The summed E-state index contributed by atoms with van der Waals surface area (Å²) in [6.07, 6.45) is 3.42. The molecule has 0 fully saturated rings. The lowest BCUT2D eigenvalue weighted by molar-refractivity contribution is 0.553. The van der Waals surface area contributed by atoms with E-state index in [-0.39, 0.29) is 0 Å². The molecule has 0 spiro atoms. The summed E-state index contributed by atoms with van der Waals surface area (Å²) in [5, 5.41) is 4.71. The fourth-order valence-corrected chi connectivity index (χ4v) is 3.07. The summed E-state index contributed by atoms with van der Waals surface area (Å²) in [5.74, 6) is 0.699. The Kier molecular flexibility index (Phi) is 7.39. The molecule has 0 aliphatic rings. The molecule has 4 heteroatoms. The molecular weight excluding hydrogens is 254 g/mol. The minimum atomic E-state index is 0.699. The Morgan fingerprint density at radius 3 is 2.58 bits per heavy atom. The number of aromatic nitrogens is 1. The van der Waals surface area contributed by atoms with E-state index in [0.717, 1.165) is 32.5 Å². The van der Waals surface area contributed by atoms with Crippen molar-refractivity contribution < 1.29 is 0 Å². The zero-order valence-electron chi connectivity index (χ0n) is 13.1. The Morgan fingerprint density at radius 1 is 1.26 bits per heavy atom. The molecule has 1 aromatic rings. The summed E-state index contributed by atoms with van der Waals surface area (Å²) in [6, 6.07) is 0. The average molecular weight is 283 g/mol. The highest BCUT2D eigenvalue weighted by atomic mass is 32.1. The first-order valence-electron chi connectivity index (χ1n) is 7.48. The molecule has 1 heterocycles. The minimum Gasteiger partial charge on any atom is -0.351 e. The first kappa shape index (κ1) is 16.4. The van der Waals surface area contributed by atoms with Gasteiger partial charge in [-0.3, -0.25) is 0 Å². The molecule has 1 N–H and O–H groups in total. The molecule has 110 valence electrons. The lowest BCUT2D eigenvalue weighted by Gasteiger charge is -2.13. The Morgan fingerprint density at radius 2 is 2.00 bits per heavy atom. The lowest BCUT2D eigenvalue weighted by Crippen LogP contribution is -2.19. The van der Waals surface area contributed by atoms with Crippen molar-refractivity contribution in [3.05, 3.63) is 10.6 Å². The zero-order valence-corrected chi connectivity index (χ0v) is 13.9. The van der Waals surface area contributed by atoms with Crippen molar-refractivity contribution in [2.75, 3.05) is 25.0 Å². The Bertz CT molecular complexity index is 360. The number of anilines is 1. The minimum absolute atomic E-state index is 0.699. The van der Waals surface area contributed by atoms with Crippen LogP contribution < -0.4 is 10.2 Å². The summed E-state index contributed by atoms with van der Waals surface area (Å²) in [7, 11) is 2.14. The van der Waals surface area contributed by atoms with E-state index in [9.17, 15) is 0 Å². The molecule has 19 heavy (non-hydrogen) atoms. The van der Waals surface area contributed by atoms with Crippen molar-refractivity contribution in [2.45, 2.75) is 53.5 Å². The molecule has 0 unspecified atom stereocenters. The van der Waals surface area contributed by atoms with Gasteiger partial charge in [0, 0.05) is 25.0 Å². The molecule has 3 nitrogen and oxygen atoms in total. The summed E-state index contributed by atoms with van der Waals surface area (Å²) < 4.78 is 0. The number of nitrogens with zero attached hydrogens (tertiary/aromatic N) is 2. The maximum atomic E-state index is 4.82. The van der Waals surface area contributed by atoms with Crippen molar-refractivity contribution in [1.29, 1.82) is 0 Å². The van der Waals surface area contributed by atoms with Crippen molar-refractivity contribution in [1.82, 2.24) is 10.3 Å². The van der Waals surface area contributed by atoms with Crippen molar-refractivity contribution in [2.24, 2.45) is 5.92 Å². The number of rotatable bonds is 9. The highest BCUT2D eigenvalue weighted by molar-refractivity contribution is 7.15. The summed E-state index contributed by atoms with van der Waals surface area (Å²) in [5.41, 5.74) is 1.29. The van der Waals surface area contributed by atoms with Crippen molar-refractivity contribution >= 4 is 16.5 Å². The maximum absolute atomic E-state index is 4.82. The van der Waals surface area contributed by atoms with Crippen LogP contribution >= 0.6 is 11.3 Å². The van der Waals surface area contributed by atoms with E-state index in [2.05, 4.69) is 45.0 Å². The number of aryl methyl sites for hydroxylation is 1. The SMILES string of the molecule is CCCc1nc(N(C)CCC)sc1CNCC(C)C. The number of hydrogen-bond donors (Lipinski definition) is 1. The monoisotopic (exact) mass is 283 g/mol. The number of hydrogen-bond acceptors (Lipinski definition) is 4. The van der Waals surface area contributed by atoms with Crippen LogP contribution in [-0.4, -0.2) is 25.1 Å². The van der Waals surface area contributed by atoms with E-state index in [1.165, 1.54) is 22.1 Å². The number of nitrogens with one attached hydrogen (secondary N) is 1. The quantitative estimate of drug-likeness (QED) is 0.749. The van der Waals surface area contributed by atoms with Gasteiger partial charge in [-0.25, -0.2) is 4.98 Å². The van der Waals surface area contributed by atoms with Crippen LogP contribution in [0.4, 0.5) is 5.13 Å². The third kappa shape index (κ3) is 5.49. The predicted octanol–water partition coefficient (Wildman–Crippen LogP) is 3.69. The highest BCUT2D eigenvalue weighted by Gasteiger charge is 2.13. The molecule has 0 aromatic carbocycles. The third-order valence-corrected chi connectivity index (χ3v) is 4.19. The molecule has 1 aromatic heterocycles. The maximum Gasteiger partial charge on any atom is 0.185 e. The second-order valence-electron chi connectivity index (χ2n) is 5.56. The van der Waals surface area contributed by atoms with Gasteiger partial charge in [0.15, 0.2) is 5.13 Å². The summed E-state index contributed by atoms with van der Waals surface area (Å²) >= 11 is 1.85. The fraction of sp³-hybridized carbons (Fsp3) is 0.800. The standard InChI is InChI=1S/C15H29N3S/c1-6-8-13-14(11-16-10-12(3)4)19-15(17-13)18(5)9-7-2/h12,16H,6-11H2,1-5H3. The van der Waals surface area contributed by atoms with E-state index >= 15 is 0 Å². The first-order valence-corrected chi connectivity index (χ1v) is 8.30. The van der Waals surface area contributed by atoms with Gasteiger partial charge >= 0.3 is 0 Å². The van der Waals surface area contributed by atoms with E-state index in [1.54, 1.807) is 0 Å². The third-order valence-electron chi connectivity index (χ3n) is 2.98. The molecule has 0 radical (unpaired) electrons. The van der Waals surface area contributed by atoms with Gasteiger partial charge in [-0.2, -0.15) is 0 Å². The van der Waals surface area contributed by atoms with Crippen LogP contribution in [0, 0.1) is 5.92 Å². The van der Waals surface area contributed by atoms with Gasteiger partial charge in [-0.05, 0) is 25.3 Å². The van der Waals surface area contributed by atoms with Crippen LogP contribution in [-0.2, 0) is 13.0 Å². The van der Waals surface area contributed by atoms with Gasteiger partial charge in [0.05, 0.1) is 5.69 Å². The summed E-state index contributed by atoms with van der Waals surface area (Å²) in [6.45, 7) is 12.0. The highest BCUT2D eigenvalue weighted by Crippen LogP contribution is 2.26. The van der Waals surface area contributed by atoms with Crippen molar-refractivity contribution in [3.8, 4) is 0 Å². The molecule has 0 bridgehead atoms. The molecule has 0 aliphatic carbocycles. The molecular formula is C15H29N3S. The van der Waals surface area contributed by atoms with E-state index < -0.39 is 0 Å².